The van der Waals surface area contributed by atoms with E-state index in [9.17, 15) is 0 Å². The molecule has 0 fully saturated rings. The minimum atomic E-state index is 0.610. The van der Waals surface area contributed by atoms with E-state index < -0.39 is 0 Å². The van der Waals surface area contributed by atoms with E-state index in [1.165, 1.54) is 10.8 Å². The fourth-order valence-electron chi connectivity index (χ4n) is 8.69. The summed E-state index contributed by atoms with van der Waals surface area (Å²) in [6, 6.07) is 69.4. The highest BCUT2D eigenvalue weighted by atomic mass is 32.1. The molecule has 12 aromatic rings. The largest absolute Gasteiger partial charge is 0.309 e. The van der Waals surface area contributed by atoms with Crippen molar-refractivity contribution >= 4 is 54.9 Å². The van der Waals surface area contributed by atoms with Crippen molar-refractivity contribution in [2.24, 2.45) is 0 Å². The van der Waals surface area contributed by atoms with Gasteiger partial charge in [0.25, 0.3) is 0 Å². The number of nitrogens with zero attached hydrogens (tertiary/aromatic N) is 7. The molecule has 0 bridgehead atoms. The van der Waals surface area contributed by atoms with Gasteiger partial charge in [-0.1, -0.05) is 163 Å². The zero-order chi connectivity index (χ0) is 40.3. The standard InChI is InChI=1S/C53H33N7S/c1-4-17-34(18-5-1)49-54-50(35-19-6-2-7-20-35)56-51(55-49)36-21-14-24-38(33-36)60-44-30-13-11-26-40(44)48-42(28-16-32-46(48)60)53-58-57-52(61-53)41-27-15-31-45-47(41)39-25-10-12-29-43(39)59(45)37-22-8-3-9-23-37/h1-33H. The Morgan fingerprint density at radius 1 is 0.328 bits per heavy atom. The van der Waals surface area contributed by atoms with Crippen molar-refractivity contribution in [2.75, 3.05) is 0 Å². The van der Waals surface area contributed by atoms with Crippen molar-refractivity contribution in [3.8, 4) is 66.7 Å². The maximum atomic E-state index is 5.03. The van der Waals surface area contributed by atoms with Crippen LogP contribution >= 0.6 is 11.3 Å². The van der Waals surface area contributed by atoms with E-state index in [-0.39, 0.29) is 0 Å². The molecule has 0 unspecified atom stereocenters. The van der Waals surface area contributed by atoms with Crippen LogP contribution in [0.5, 0.6) is 0 Å². The summed E-state index contributed by atoms with van der Waals surface area (Å²) in [5.41, 5.74) is 11.5. The summed E-state index contributed by atoms with van der Waals surface area (Å²) in [5.74, 6) is 1.87. The molecule has 286 valence electrons. The van der Waals surface area contributed by atoms with E-state index in [0.29, 0.717) is 17.5 Å². The summed E-state index contributed by atoms with van der Waals surface area (Å²) in [5, 5.41) is 16.2. The third-order valence-corrected chi connectivity index (χ3v) is 12.3. The highest BCUT2D eigenvalue weighted by Crippen LogP contribution is 2.43. The highest BCUT2D eigenvalue weighted by Gasteiger charge is 2.22. The van der Waals surface area contributed by atoms with Crippen LogP contribution in [0, 0.1) is 0 Å². The van der Waals surface area contributed by atoms with E-state index in [2.05, 4.69) is 149 Å². The first-order valence-electron chi connectivity index (χ1n) is 20.2. The number of hydrogen-bond donors (Lipinski definition) is 0. The van der Waals surface area contributed by atoms with Crippen LogP contribution in [-0.2, 0) is 0 Å². The summed E-state index contributed by atoms with van der Waals surface area (Å²) in [7, 11) is 0. The molecule has 4 heterocycles. The Kier molecular flexibility index (Phi) is 8.21. The normalized spacial score (nSPS) is 11.6. The van der Waals surface area contributed by atoms with E-state index in [4.69, 9.17) is 25.1 Å². The fraction of sp³-hybridized carbons (Fsp3) is 0. The van der Waals surface area contributed by atoms with Gasteiger partial charge >= 0.3 is 0 Å². The Balaban J connectivity index is 0.998. The maximum absolute atomic E-state index is 5.03. The van der Waals surface area contributed by atoms with Gasteiger partial charge in [0.05, 0.1) is 22.1 Å². The lowest BCUT2D eigenvalue weighted by Crippen LogP contribution is -2.01. The second-order valence-electron chi connectivity index (χ2n) is 14.9. The van der Waals surface area contributed by atoms with Gasteiger partial charge in [-0.2, -0.15) is 0 Å². The van der Waals surface area contributed by atoms with Crippen molar-refractivity contribution in [3.63, 3.8) is 0 Å². The zero-order valence-electron chi connectivity index (χ0n) is 32.6. The van der Waals surface area contributed by atoms with Gasteiger partial charge in [-0.15, -0.1) is 10.2 Å². The first kappa shape index (κ1) is 34.9. The molecule has 0 saturated heterocycles. The van der Waals surface area contributed by atoms with E-state index >= 15 is 0 Å². The molecule has 61 heavy (non-hydrogen) atoms. The lowest BCUT2D eigenvalue weighted by Gasteiger charge is -2.11. The fourth-order valence-corrected chi connectivity index (χ4v) is 9.60. The molecule has 8 heteroatoms. The lowest BCUT2D eigenvalue weighted by molar-refractivity contribution is 1.07. The van der Waals surface area contributed by atoms with E-state index in [1.54, 1.807) is 11.3 Å². The highest BCUT2D eigenvalue weighted by molar-refractivity contribution is 7.18. The molecule has 0 atom stereocenters. The van der Waals surface area contributed by atoms with E-state index in [1.807, 2.05) is 60.7 Å². The number of benzene rings is 8. The third-order valence-electron chi connectivity index (χ3n) is 11.4. The summed E-state index contributed by atoms with van der Waals surface area (Å²) >= 11 is 1.63. The molecule has 0 amide bonds. The van der Waals surface area contributed by atoms with Gasteiger partial charge in [-0.3, -0.25) is 0 Å². The molecule has 0 N–H and O–H groups in total. The molecule has 7 nitrogen and oxygen atoms in total. The van der Waals surface area contributed by atoms with Crippen molar-refractivity contribution in [1.82, 2.24) is 34.3 Å². The predicted octanol–water partition coefficient (Wildman–Crippen LogP) is 13.3. The monoisotopic (exact) mass is 799 g/mol. The van der Waals surface area contributed by atoms with Gasteiger partial charge in [0.15, 0.2) is 17.5 Å². The molecule has 0 aliphatic rings. The SMILES string of the molecule is c1ccc(-c2nc(-c3ccccc3)nc(-c3cccc(-n4c5ccccc5c5c(-c6nnc(-c7cccc8c7c7ccccc7n8-c7ccccc7)s6)cccc54)c3)n2)cc1. The number of fused-ring (bicyclic) bond motifs is 6. The van der Waals surface area contributed by atoms with Crippen LogP contribution in [0.2, 0.25) is 0 Å². The predicted molar refractivity (Wildman–Crippen MR) is 249 cm³/mol. The van der Waals surface area contributed by atoms with Crippen molar-refractivity contribution in [3.05, 3.63) is 200 Å². The summed E-state index contributed by atoms with van der Waals surface area (Å²) < 4.78 is 4.67. The summed E-state index contributed by atoms with van der Waals surface area (Å²) in [6.07, 6.45) is 0. The molecule has 0 saturated carbocycles. The Hall–Kier alpha value is -8.07. The van der Waals surface area contributed by atoms with Crippen LogP contribution in [0.3, 0.4) is 0 Å². The molecule has 0 radical (unpaired) electrons. The minimum absolute atomic E-state index is 0.610. The van der Waals surface area contributed by atoms with Crippen LogP contribution in [0.4, 0.5) is 0 Å². The Morgan fingerprint density at radius 3 is 1.26 bits per heavy atom. The molecule has 0 spiro atoms. The van der Waals surface area contributed by atoms with Gasteiger partial charge in [0, 0.05) is 60.7 Å². The zero-order valence-corrected chi connectivity index (χ0v) is 33.4. The Bertz CT molecular complexity index is 3530. The van der Waals surface area contributed by atoms with Gasteiger partial charge in [0.2, 0.25) is 0 Å². The summed E-state index contributed by atoms with van der Waals surface area (Å²) in [6.45, 7) is 0. The van der Waals surface area contributed by atoms with Crippen molar-refractivity contribution in [2.45, 2.75) is 0 Å². The van der Waals surface area contributed by atoms with Gasteiger partial charge in [-0.05, 0) is 48.5 Å². The average molecular weight is 800 g/mol. The van der Waals surface area contributed by atoms with Gasteiger partial charge in [-0.25, -0.2) is 15.0 Å². The average Bonchev–Trinajstić information content (AvgIpc) is 4.06. The first-order chi connectivity index (χ1) is 30.3. The second kappa shape index (κ2) is 14.3. The molecule has 0 aliphatic heterocycles. The molecular weight excluding hydrogens is 767 g/mol. The molecular formula is C53H33N7S. The maximum Gasteiger partial charge on any atom is 0.164 e. The first-order valence-corrected chi connectivity index (χ1v) is 21.0. The number of para-hydroxylation sites is 3. The van der Waals surface area contributed by atoms with E-state index in [0.717, 1.165) is 82.0 Å². The lowest BCUT2D eigenvalue weighted by atomic mass is 10.1. The molecule has 0 aliphatic carbocycles. The number of hydrogen-bond acceptors (Lipinski definition) is 6. The Morgan fingerprint density at radius 2 is 0.721 bits per heavy atom. The van der Waals surface area contributed by atoms with Crippen molar-refractivity contribution in [1.29, 1.82) is 0 Å². The number of aromatic nitrogens is 7. The Labute approximate surface area is 354 Å². The van der Waals surface area contributed by atoms with Crippen molar-refractivity contribution < 1.29 is 0 Å². The third kappa shape index (κ3) is 5.84. The van der Waals surface area contributed by atoms with Gasteiger partial charge in [0.1, 0.15) is 10.0 Å². The molecule has 8 aromatic carbocycles. The summed E-state index contributed by atoms with van der Waals surface area (Å²) in [4.78, 5) is 15.0. The van der Waals surface area contributed by atoms with Crippen LogP contribution in [0.25, 0.3) is 110 Å². The second-order valence-corrected chi connectivity index (χ2v) is 15.9. The smallest absolute Gasteiger partial charge is 0.164 e. The molecule has 4 aromatic heterocycles. The minimum Gasteiger partial charge on any atom is -0.309 e. The quantitative estimate of drug-likeness (QED) is 0.160. The van der Waals surface area contributed by atoms with Crippen LogP contribution in [0.15, 0.2) is 200 Å². The number of rotatable bonds is 7. The van der Waals surface area contributed by atoms with Gasteiger partial charge < -0.3 is 9.13 Å². The van der Waals surface area contributed by atoms with Crippen LogP contribution < -0.4 is 0 Å². The van der Waals surface area contributed by atoms with Crippen LogP contribution in [0.1, 0.15) is 0 Å². The molecule has 12 rings (SSSR count). The van der Waals surface area contributed by atoms with Crippen LogP contribution in [-0.4, -0.2) is 34.3 Å². The topological polar surface area (TPSA) is 74.3 Å².